The van der Waals surface area contributed by atoms with Gasteiger partial charge in [0.1, 0.15) is 6.61 Å². The van der Waals surface area contributed by atoms with Crippen molar-refractivity contribution in [2.24, 2.45) is 5.10 Å². The van der Waals surface area contributed by atoms with Crippen molar-refractivity contribution in [3.63, 3.8) is 0 Å². The van der Waals surface area contributed by atoms with Gasteiger partial charge in [-0.1, -0.05) is 35.3 Å². The quantitative estimate of drug-likeness (QED) is 0.350. The summed E-state index contributed by atoms with van der Waals surface area (Å²) in [6.45, 7) is 2.65. The fourth-order valence-electron chi connectivity index (χ4n) is 2.42. The summed E-state index contributed by atoms with van der Waals surface area (Å²) in [5.74, 6) is 0.907. The third-order valence-electron chi connectivity index (χ3n) is 3.79. The molecule has 1 heterocycles. The molecule has 0 saturated carbocycles. The maximum atomic E-state index is 11.9. The molecule has 0 atom stereocenters. The van der Waals surface area contributed by atoms with Crippen LogP contribution in [0.15, 0.2) is 59.0 Å². The smallest absolute Gasteiger partial charge is 0.281 e. The standard InChI is InChI=1S/C21H18Cl2N2O3S/c1-2-27-19-10-14(12-24-25-21(26)20-4-3-9-29-20)5-8-18(19)28-13-15-6-7-16(22)11-17(15)23/h3-12H,2,13H2,1H3,(H,25,26)/b24-12-. The maximum Gasteiger partial charge on any atom is 0.281 e. The number of carbonyl (C=O) groups is 1. The third kappa shape index (κ3) is 5.97. The average Bonchev–Trinajstić information content (AvgIpc) is 3.24. The Morgan fingerprint density at radius 1 is 1.14 bits per heavy atom. The zero-order chi connectivity index (χ0) is 20.6. The van der Waals surface area contributed by atoms with Gasteiger partial charge in [0, 0.05) is 15.6 Å². The van der Waals surface area contributed by atoms with Crippen molar-refractivity contribution in [1.82, 2.24) is 5.43 Å². The number of halogens is 2. The number of hydrogen-bond acceptors (Lipinski definition) is 5. The lowest BCUT2D eigenvalue weighted by molar-refractivity contribution is 0.0959. The van der Waals surface area contributed by atoms with Gasteiger partial charge < -0.3 is 9.47 Å². The van der Waals surface area contributed by atoms with Crippen LogP contribution in [0.5, 0.6) is 11.5 Å². The molecule has 3 rings (SSSR count). The van der Waals surface area contributed by atoms with Crippen molar-refractivity contribution in [3.8, 4) is 11.5 Å². The number of nitrogens with zero attached hydrogens (tertiary/aromatic N) is 1. The monoisotopic (exact) mass is 448 g/mol. The molecule has 29 heavy (non-hydrogen) atoms. The molecule has 3 aromatic rings. The summed E-state index contributed by atoms with van der Waals surface area (Å²) in [6.07, 6.45) is 1.55. The fraction of sp³-hybridized carbons (Fsp3) is 0.143. The Labute approximate surface area is 182 Å². The minimum absolute atomic E-state index is 0.249. The lowest BCUT2D eigenvalue weighted by atomic mass is 10.2. The molecule has 0 aliphatic heterocycles. The van der Waals surface area contributed by atoms with Crippen LogP contribution in [0.2, 0.25) is 10.0 Å². The van der Waals surface area contributed by atoms with E-state index in [1.165, 1.54) is 11.3 Å². The second kappa shape index (κ2) is 10.3. The summed E-state index contributed by atoms with van der Waals surface area (Å²) in [5, 5.41) is 6.95. The first kappa shape index (κ1) is 21.2. The van der Waals surface area contributed by atoms with Crippen LogP contribution in [-0.2, 0) is 6.61 Å². The Kier molecular flexibility index (Phi) is 7.52. The van der Waals surface area contributed by atoms with Crippen LogP contribution < -0.4 is 14.9 Å². The van der Waals surface area contributed by atoms with E-state index in [2.05, 4.69) is 10.5 Å². The molecule has 0 bridgehead atoms. The number of carbonyl (C=O) groups excluding carboxylic acids is 1. The summed E-state index contributed by atoms with van der Waals surface area (Å²) < 4.78 is 11.6. The second-order valence-corrected chi connectivity index (χ2v) is 7.63. The molecule has 0 unspecified atom stereocenters. The Morgan fingerprint density at radius 2 is 2.00 bits per heavy atom. The van der Waals surface area contributed by atoms with Gasteiger partial charge in [-0.15, -0.1) is 11.3 Å². The minimum atomic E-state index is -0.249. The molecule has 0 spiro atoms. The normalized spacial score (nSPS) is 10.9. The molecular weight excluding hydrogens is 431 g/mol. The van der Waals surface area contributed by atoms with E-state index in [0.29, 0.717) is 33.0 Å². The number of hydrazone groups is 1. The SMILES string of the molecule is CCOc1cc(/C=N\NC(=O)c2cccs2)ccc1OCc1ccc(Cl)cc1Cl. The first-order valence-corrected chi connectivity index (χ1v) is 10.4. The highest BCUT2D eigenvalue weighted by Gasteiger charge is 2.09. The van der Waals surface area contributed by atoms with Crippen molar-refractivity contribution in [2.45, 2.75) is 13.5 Å². The number of benzene rings is 2. The lowest BCUT2D eigenvalue weighted by Gasteiger charge is -2.13. The Balaban J connectivity index is 1.67. The largest absolute Gasteiger partial charge is 0.490 e. The van der Waals surface area contributed by atoms with E-state index in [-0.39, 0.29) is 12.5 Å². The van der Waals surface area contributed by atoms with Crippen molar-refractivity contribution in [1.29, 1.82) is 0 Å². The molecule has 0 aliphatic carbocycles. The third-order valence-corrected chi connectivity index (χ3v) is 5.25. The van der Waals surface area contributed by atoms with Crippen LogP contribution in [0, 0.1) is 0 Å². The predicted molar refractivity (Wildman–Crippen MR) is 118 cm³/mol. The van der Waals surface area contributed by atoms with Crippen molar-refractivity contribution >= 4 is 46.7 Å². The second-order valence-electron chi connectivity index (χ2n) is 5.84. The number of ether oxygens (including phenoxy) is 2. The number of hydrogen-bond donors (Lipinski definition) is 1. The highest BCUT2D eigenvalue weighted by molar-refractivity contribution is 7.12. The average molecular weight is 449 g/mol. The molecule has 5 nitrogen and oxygen atoms in total. The molecule has 150 valence electrons. The lowest BCUT2D eigenvalue weighted by Crippen LogP contribution is -2.16. The van der Waals surface area contributed by atoms with E-state index in [4.69, 9.17) is 32.7 Å². The molecule has 0 fully saturated rings. The molecule has 8 heteroatoms. The highest BCUT2D eigenvalue weighted by Crippen LogP contribution is 2.30. The molecule has 1 N–H and O–H groups in total. The van der Waals surface area contributed by atoms with Crippen LogP contribution in [-0.4, -0.2) is 18.7 Å². The zero-order valence-electron chi connectivity index (χ0n) is 15.5. The van der Waals surface area contributed by atoms with E-state index in [0.717, 1.165) is 11.1 Å². The van der Waals surface area contributed by atoms with Gasteiger partial charge in [-0.3, -0.25) is 4.79 Å². The molecule has 1 amide bonds. The van der Waals surface area contributed by atoms with Crippen LogP contribution in [0.25, 0.3) is 0 Å². The summed E-state index contributed by atoms with van der Waals surface area (Å²) >= 11 is 13.5. The minimum Gasteiger partial charge on any atom is -0.490 e. The Bertz CT molecular complexity index is 1010. The van der Waals surface area contributed by atoms with Crippen LogP contribution in [0.3, 0.4) is 0 Å². The fourth-order valence-corrected chi connectivity index (χ4v) is 3.49. The molecule has 2 aromatic carbocycles. The van der Waals surface area contributed by atoms with E-state index < -0.39 is 0 Å². The van der Waals surface area contributed by atoms with Crippen molar-refractivity contribution in [2.75, 3.05) is 6.61 Å². The molecule has 1 aromatic heterocycles. The van der Waals surface area contributed by atoms with Gasteiger partial charge in [0.05, 0.1) is 17.7 Å². The highest BCUT2D eigenvalue weighted by atomic mass is 35.5. The number of thiophene rings is 1. The van der Waals surface area contributed by atoms with Crippen molar-refractivity contribution < 1.29 is 14.3 Å². The summed E-state index contributed by atoms with van der Waals surface area (Å²) in [4.78, 5) is 12.5. The van der Waals surface area contributed by atoms with Gasteiger partial charge in [-0.2, -0.15) is 5.10 Å². The van der Waals surface area contributed by atoms with Gasteiger partial charge in [-0.05, 0) is 54.3 Å². The van der Waals surface area contributed by atoms with E-state index in [1.54, 1.807) is 36.5 Å². The predicted octanol–water partition coefficient (Wildman–Crippen LogP) is 5.80. The summed E-state index contributed by atoms with van der Waals surface area (Å²) in [6, 6.07) is 14.2. The topological polar surface area (TPSA) is 59.9 Å². The van der Waals surface area contributed by atoms with Crippen molar-refractivity contribution in [3.05, 3.63) is 80.0 Å². The summed E-state index contributed by atoms with van der Waals surface area (Å²) in [5.41, 5.74) is 4.08. The van der Waals surface area contributed by atoms with Crippen LogP contribution in [0.4, 0.5) is 0 Å². The number of rotatable bonds is 8. The van der Waals surface area contributed by atoms with Gasteiger partial charge in [-0.25, -0.2) is 5.43 Å². The molecular formula is C21H18Cl2N2O3S. The van der Waals surface area contributed by atoms with Crippen LogP contribution in [0.1, 0.15) is 27.7 Å². The van der Waals surface area contributed by atoms with E-state index in [1.807, 2.05) is 30.5 Å². The molecule has 0 aliphatic rings. The van der Waals surface area contributed by atoms with Crippen LogP contribution >= 0.6 is 34.5 Å². The van der Waals surface area contributed by atoms with Gasteiger partial charge >= 0.3 is 0 Å². The molecule has 0 radical (unpaired) electrons. The zero-order valence-corrected chi connectivity index (χ0v) is 17.9. The van der Waals surface area contributed by atoms with Gasteiger partial charge in [0.25, 0.3) is 5.91 Å². The van der Waals surface area contributed by atoms with Gasteiger partial charge in [0.15, 0.2) is 11.5 Å². The van der Waals surface area contributed by atoms with E-state index in [9.17, 15) is 4.79 Å². The summed E-state index contributed by atoms with van der Waals surface area (Å²) in [7, 11) is 0. The Hall–Kier alpha value is -2.54. The first-order chi connectivity index (χ1) is 14.1. The number of amides is 1. The first-order valence-electron chi connectivity index (χ1n) is 8.77. The Morgan fingerprint density at radius 3 is 2.72 bits per heavy atom. The van der Waals surface area contributed by atoms with E-state index >= 15 is 0 Å². The van der Waals surface area contributed by atoms with Gasteiger partial charge in [0.2, 0.25) is 0 Å². The molecule has 0 saturated heterocycles. The number of nitrogens with one attached hydrogen (secondary N) is 1. The maximum absolute atomic E-state index is 11.9.